The Morgan fingerprint density at radius 1 is 1.05 bits per heavy atom. The topological polar surface area (TPSA) is 38.3 Å². The third-order valence-corrected chi connectivity index (χ3v) is 3.53. The average Bonchev–Trinajstić information content (AvgIpc) is 2.51. The second-order valence-electron chi connectivity index (χ2n) is 4.98. The third kappa shape index (κ3) is 2.73. The Hall–Kier alpha value is -2.13. The highest BCUT2D eigenvalue weighted by Gasteiger charge is 2.27. The summed E-state index contributed by atoms with van der Waals surface area (Å²) in [6.45, 7) is 1.87. The van der Waals surface area contributed by atoms with Crippen LogP contribution < -0.4 is 10.1 Å². The average molecular weight is 267 g/mol. The van der Waals surface area contributed by atoms with Gasteiger partial charge in [0.1, 0.15) is 5.75 Å². The van der Waals surface area contributed by atoms with Crippen LogP contribution in [-0.2, 0) is 6.54 Å². The Bertz CT molecular complexity index is 595. The molecule has 102 valence electrons. The van der Waals surface area contributed by atoms with E-state index in [2.05, 4.69) is 17.4 Å². The van der Waals surface area contributed by atoms with Crippen LogP contribution in [0.25, 0.3) is 0 Å². The second kappa shape index (κ2) is 5.88. The predicted molar refractivity (Wildman–Crippen MR) is 77.9 cm³/mol. The van der Waals surface area contributed by atoms with Crippen molar-refractivity contribution in [3.63, 3.8) is 0 Å². The molecule has 1 N–H and O–H groups in total. The van der Waals surface area contributed by atoms with Gasteiger partial charge in [-0.15, -0.1) is 0 Å². The number of nitrogens with one attached hydrogen (secondary N) is 1. The van der Waals surface area contributed by atoms with E-state index < -0.39 is 0 Å². The van der Waals surface area contributed by atoms with Crippen molar-refractivity contribution in [1.82, 2.24) is 5.32 Å². The zero-order valence-electron chi connectivity index (χ0n) is 11.2. The molecule has 0 saturated carbocycles. The monoisotopic (exact) mass is 267 g/mol. The summed E-state index contributed by atoms with van der Waals surface area (Å²) in [6.07, 6.45) is 0. The zero-order valence-corrected chi connectivity index (χ0v) is 11.2. The lowest BCUT2D eigenvalue weighted by Crippen LogP contribution is -2.35. The minimum Gasteiger partial charge on any atom is -0.492 e. The van der Waals surface area contributed by atoms with Crippen LogP contribution in [0.5, 0.6) is 5.75 Å². The summed E-state index contributed by atoms with van der Waals surface area (Å²) < 4.78 is 5.65. The van der Waals surface area contributed by atoms with E-state index >= 15 is 0 Å². The summed E-state index contributed by atoms with van der Waals surface area (Å²) >= 11 is 0. The first kappa shape index (κ1) is 12.9. The van der Waals surface area contributed by atoms with Gasteiger partial charge in [-0.25, -0.2) is 0 Å². The molecular weight excluding hydrogens is 250 g/mol. The number of hydrogen-bond donors (Lipinski definition) is 1. The molecule has 0 aromatic heterocycles. The fraction of sp³-hybridized carbons (Fsp3) is 0.235. The molecule has 0 bridgehead atoms. The van der Waals surface area contributed by atoms with Gasteiger partial charge in [0.15, 0.2) is 5.78 Å². The van der Waals surface area contributed by atoms with Gasteiger partial charge in [-0.1, -0.05) is 42.5 Å². The van der Waals surface area contributed by atoms with Gasteiger partial charge >= 0.3 is 0 Å². The molecule has 0 amide bonds. The number of carbonyl (C=O) groups excluding carboxylic acids is 1. The maximum absolute atomic E-state index is 12.3. The van der Waals surface area contributed by atoms with E-state index in [1.54, 1.807) is 0 Å². The summed E-state index contributed by atoms with van der Waals surface area (Å²) in [5.41, 5.74) is 1.92. The first-order valence-corrected chi connectivity index (χ1v) is 6.85. The van der Waals surface area contributed by atoms with Gasteiger partial charge in [-0.05, 0) is 17.7 Å². The minimum absolute atomic E-state index is 0.103. The molecule has 3 nitrogen and oxygen atoms in total. The third-order valence-electron chi connectivity index (χ3n) is 3.53. The van der Waals surface area contributed by atoms with Crippen LogP contribution in [0.15, 0.2) is 54.6 Å². The normalized spacial score (nSPS) is 17.4. The Morgan fingerprint density at radius 2 is 1.80 bits per heavy atom. The molecule has 1 atom stereocenters. The van der Waals surface area contributed by atoms with Crippen LogP contribution in [0.1, 0.15) is 15.9 Å². The standard InChI is InChI=1S/C17H17NO2/c19-17-14(11-18-10-13-6-2-1-3-7-13)12-20-16-9-5-4-8-15(16)17/h1-9,14,18H,10-12H2/t14-/m0/s1. The highest BCUT2D eigenvalue weighted by molar-refractivity contribution is 6.01. The molecule has 0 radical (unpaired) electrons. The van der Waals surface area contributed by atoms with Gasteiger partial charge in [0.25, 0.3) is 0 Å². The molecule has 1 heterocycles. The van der Waals surface area contributed by atoms with Gasteiger partial charge in [0.2, 0.25) is 0 Å². The van der Waals surface area contributed by atoms with E-state index in [1.807, 2.05) is 42.5 Å². The molecule has 0 spiro atoms. The van der Waals surface area contributed by atoms with Gasteiger partial charge in [-0.3, -0.25) is 4.79 Å². The van der Waals surface area contributed by atoms with Gasteiger partial charge in [-0.2, -0.15) is 0 Å². The SMILES string of the molecule is O=C1c2ccccc2OC[C@@H]1CNCc1ccccc1. The highest BCUT2D eigenvalue weighted by atomic mass is 16.5. The van der Waals surface area contributed by atoms with Crippen molar-refractivity contribution < 1.29 is 9.53 Å². The molecular formula is C17H17NO2. The highest BCUT2D eigenvalue weighted by Crippen LogP contribution is 2.26. The number of fused-ring (bicyclic) bond motifs is 1. The Morgan fingerprint density at radius 3 is 2.65 bits per heavy atom. The van der Waals surface area contributed by atoms with Crippen LogP contribution >= 0.6 is 0 Å². The van der Waals surface area contributed by atoms with Crippen molar-refractivity contribution in [2.24, 2.45) is 5.92 Å². The summed E-state index contributed by atoms with van der Waals surface area (Å²) in [6, 6.07) is 17.6. The molecule has 0 aliphatic carbocycles. The molecule has 0 saturated heterocycles. The number of carbonyl (C=O) groups is 1. The Labute approximate surface area is 118 Å². The van der Waals surface area contributed by atoms with E-state index in [9.17, 15) is 4.79 Å². The molecule has 20 heavy (non-hydrogen) atoms. The molecule has 0 unspecified atom stereocenters. The van der Waals surface area contributed by atoms with E-state index in [4.69, 9.17) is 4.74 Å². The number of hydrogen-bond acceptors (Lipinski definition) is 3. The predicted octanol–water partition coefficient (Wildman–Crippen LogP) is 2.67. The molecule has 2 aromatic carbocycles. The van der Waals surface area contributed by atoms with Gasteiger partial charge in [0, 0.05) is 13.1 Å². The van der Waals surface area contributed by atoms with Crippen molar-refractivity contribution in [1.29, 1.82) is 0 Å². The van der Waals surface area contributed by atoms with Crippen LogP contribution in [-0.4, -0.2) is 18.9 Å². The van der Waals surface area contributed by atoms with Crippen molar-refractivity contribution >= 4 is 5.78 Å². The lowest BCUT2D eigenvalue weighted by Gasteiger charge is -2.24. The van der Waals surface area contributed by atoms with Crippen molar-refractivity contribution in [3.8, 4) is 5.75 Å². The molecule has 3 rings (SSSR count). The largest absolute Gasteiger partial charge is 0.492 e. The number of para-hydroxylation sites is 1. The van der Waals surface area contributed by atoms with Crippen LogP contribution in [0.3, 0.4) is 0 Å². The van der Waals surface area contributed by atoms with Crippen LogP contribution in [0.4, 0.5) is 0 Å². The number of Topliss-reactive ketones (excluding diaryl/α,β-unsaturated/α-hetero) is 1. The Kier molecular flexibility index (Phi) is 3.79. The molecule has 0 fully saturated rings. The van der Waals surface area contributed by atoms with E-state index in [0.717, 1.165) is 6.54 Å². The maximum atomic E-state index is 12.3. The molecule has 3 heteroatoms. The van der Waals surface area contributed by atoms with Crippen LogP contribution in [0.2, 0.25) is 0 Å². The quantitative estimate of drug-likeness (QED) is 0.925. The Balaban J connectivity index is 1.58. The van der Waals surface area contributed by atoms with E-state index in [1.165, 1.54) is 5.56 Å². The fourth-order valence-electron chi connectivity index (χ4n) is 2.42. The summed E-state index contributed by atoms with van der Waals surface area (Å²) in [4.78, 5) is 12.3. The first-order chi connectivity index (χ1) is 9.84. The number of ether oxygens (including phenoxy) is 1. The van der Waals surface area contributed by atoms with Crippen molar-refractivity contribution in [3.05, 3.63) is 65.7 Å². The first-order valence-electron chi connectivity index (χ1n) is 6.85. The lowest BCUT2D eigenvalue weighted by atomic mass is 9.95. The van der Waals surface area contributed by atoms with Crippen LogP contribution in [0, 0.1) is 5.92 Å². The number of ketones is 1. The van der Waals surface area contributed by atoms with E-state index in [0.29, 0.717) is 24.5 Å². The van der Waals surface area contributed by atoms with Crippen molar-refractivity contribution in [2.45, 2.75) is 6.54 Å². The molecule has 2 aromatic rings. The summed E-state index contributed by atoms with van der Waals surface area (Å²) in [7, 11) is 0. The molecule has 1 aliphatic heterocycles. The zero-order chi connectivity index (χ0) is 13.8. The lowest BCUT2D eigenvalue weighted by molar-refractivity contribution is 0.0829. The summed E-state index contributed by atoms with van der Waals surface area (Å²) in [5, 5.41) is 3.33. The fourth-order valence-corrected chi connectivity index (χ4v) is 2.42. The van der Waals surface area contributed by atoms with Gasteiger partial charge in [0.05, 0.1) is 18.1 Å². The van der Waals surface area contributed by atoms with E-state index in [-0.39, 0.29) is 11.7 Å². The maximum Gasteiger partial charge on any atom is 0.174 e. The smallest absolute Gasteiger partial charge is 0.174 e. The second-order valence-corrected chi connectivity index (χ2v) is 4.98. The molecule has 1 aliphatic rings. The number of rotatable bonds is 4. The summed E-state index contributed by atoms with van der Waals surface area (Å²) in [5.74, 6) is 0.776. The van der Waals surface area contributed by atoms with Gasteiger partial charge < -0.3 is 10.1 Å². The van der Waals surface area contributed by atoms with Crippen molar-refractivity contribution in [2.75, 3.05) is 13.2 Å². The minimum atomic E-state index is -0.103. The number of benzene rings is 2.